The lowest BCUT2D eigenvalue weighted by Crippen LogP contribution is -2.29. The number of hydrogen-bond acceptors (Lipinski definition) is 4. The number of fused-ring (bicyclic) bond motifs is 1. The molecule has 25 heavy (non-hydrogen) atoms. The van der Waals surface area contributed by atoms with Gasteiger partial charge in [-0.1, -0.05) is 36.4 Å². The van der Waals surface area contributed by atoms with Crippen molar-refractivity contribution in [3.05, 3.63) is 71.3 Å². The number of nitrogens with zero attached hydrogens (tertiary/aromatic N) is 2. The van der Waals surface area contributed by atoms with Gasteiger partial charge in [0.05, 0.1) is 11.1 Å². The number of anilines is 1. The molecule has 124 valence electrons. The van der Waals surface area contributed by atoms with Crippen molar-refractivity contribution in [2.24, 2.45) is 0 Å². The van der Waals surface area contributed by atoms with Gasteiger partial charge in [-0.05, 0) is 30.7 Å². The van der Waals surface area contributed by atoms with Crippen molar-refractivity contribution in [2.75, 3.05) is 18.4 Å². The molecule has 2 aromatic carbocycles. The van der Waals surface area contributed by atoms with Gasteiger partial charge in [0.2, 0.25) is 0 Å². The van der Waals surface area contributed by atoms with E-state index in [9.17, 15) is 10.1 Å². The second-order valence-corrected chi connectivity index (χ2v) is 5.69. The molecule has 0 saturated carbocycles. The van der Waals surface area contributed by atoms with Crippen molar-refractivity contribution in [1.29, 1.82) is 5.26 Å². The number of aromatic nitrogens is 1. The van der Waals surface area contributed by atoms with Gasteiger partial charge in [-0.15, -0.1) is 0 Å². The van der Waals surface area contributed by atoms with E-state index in [0.29, 0.717) is 30.0 Å². The van der Waals surface area contributed by atoms with Crippen LogP contribution >= 0.6 is 0 Å². The molecule has 3 aromatic rings. The van der Waals surface area contributed by atoms with Gasteiger partial charge in [-0.2, -0.15) is 5.26 Å². The molecule has 0 aliphatic carbocycles. The van der Waals surface area contributed by atoms with Crippen LogP contribution in [0.1, 0.15) is 21.5 Å². The van der Waals surface area contributed by atoms with Crippen LogP contribution in [0.4, 0.5) is 5.82 Å². The maximum absolute atomic E-state index is 12.0. The van der Waals surface area contributed by atoms with Gasteiger partial charge >= 0.3 is 0 Å². The van der Waals surface area contributed by atoms with Crippen molar-refractivity contribution >= 4 is 22.6 Å². The highest BCUT2D eigenvalue weighted by atomic mass is 16.1. The van der Waals surface area contributed by atoms with E-state index in [0.717, 1.165) is 16.5 Å². The average molecular weight is 330 g/mol. The molecule has 0 unspecified atom stereocenters. The Bertz CT molecular complexity index is 945. The summed E-state index contributed by atoms with van der Waals surface area (Å²) in [6, 6.07) is 19.0. The third-order valence-electron chi connectivity index (χ3n) is 3.91. The predicted molar refractivity (Wildman–Crippen MR) is 98.5 cm³/mol. The average Bonchev–Trinajstić information content (AvgIpc) is 2.65. The molecule has 2 N–H and O–H groups in total. The van der Waals surface area contributed by atoms with Gasteiger partial charge < -0.3 is 10.6 Å². The maximum atomic E-state index is 12.0. The Hall–Kier alpha value is -3.39. The largest absolute Gasteiger partial charge is 0.367 e. The van der Waals surface area contributed by atoms with E-state index in [1.54, 1.807) is 12.1 Å². The zero-order valence-corrected chi connectivity index (χ0v) is 13.9. The van der Waals surface area contributed by atoms with Crippen LogP contribution in [0, 0.1) is 18.3 Å². The molecule has 0 fully saturated rings. The Labute approximate surface area is 146 Å². The molecule has 0 spiro atoms. The lowest BCUT2D eigenvalue weighted by atomic mass is 10.1. The number of hydrogen-bond donors (Lipinski definition) is 2. The normalized spacial score (nSPS) is 10.2. The molecule has 1 heterocycles. The van der Waals surface area contributed by atoms with Gasteiger partial charge in [0.25, 0.3) is 5.91 Å². The molecule has 5 heteroatoms. The molecule has 3 rings (SSSR count). The summed E-state index contributed by atoms with van der Waals surface area (Å²) in [6.07, 6.45) is 0. The Kier molecular flexibility index (Phi) is 4.91. The predicted octanol–water partition coefficient (Wildman–Crippen LogP) is 3.26. The third-order valence-corrected chi connectivity index (χ3v) is 3.91. The summed E-state index contributed by atoms with van der Waals surface area (Å²) >= 11 is 0. The fourth-order valence-electron chi connectivity index (χ4n) is 2.62. The summed E-state index contributed by atoms with van der Waals surface area (Å²) in [5, 5.41) is 16.3. The molecule has 0 bridgehead atoms. The van der Waals surface area contributed by atoms with Crippen LogP contribution in [0.3, 0.4) is 0 Å². The van der Waals surface area contributed by atoms with E-state index < -0.39 is 0 Å². The minimum Gasteiger partial charge on any atom is -0.367 e. The standard InChI is InChI=1S/C20H18N4O/c1-14-6-5-9-16-12-17(13-21)19(24-18(14)16)22-10-11-23-20(25)15-7-3-2-4-8-15/h2-9,12H,10-11H2,1H3,(H,22,24)(H,23,25). The highest BCUT2D eigenvalue weighted by molar-refractivity contribution is 5.94. The molecular weight excluding hydrogens is 312 g/mol. The summed E-state index contributed by atoms with van der Waals surface area (Å²) in [5.74, 6) is 0.420. The SMILES string of the molecule is Cc1cccc2cc(C#N)c(NCCNC(=O)c3ccccc3)nc12. The molecule has 0 aliphatic heterocycles. The van der Waals surface area contributed by atoms with Gasteiger partial charge in [-0.25, -0.2) is 4.98 Å². The van der Waals surface area contributed by atoms with Crippen LogP contribution in [0.15, 0.2) is 54.6 Å². The van der Waals surface area contributed by atoms with Crippen LogP contribution < -0.4 is 10.6 Å². The molecule has 1 amide bonds. The van der Waals surface area contributed by atoms with Crippen LogP contribution in [0.25, 0.3) is 10.9 Å². The summed E-state index contributed by atoms with van der Waals surface area (Å²) in [6.45, 7) is 2.91. The Balaban J connectivity index is 1.66. The Morgan fingerprint density at radius 3 is 2.68 bits per heavy atom. The number of nitriles is 1. The van der Waals surface area contributed by atoms with Crippen molar-refractivity contribution in [1.82, 2.24) is 10.3 Å². The van der Waals surface area contributed by atoms with Crippen molar-refractivity contribution < 1.29 is 4.79 Å². The minimum absolute atomic E-state index is 0.120. The van der Waals surface area contributed by atoms with Crippen molar-refractivity contribution in [3.63, 3.8) is 0 Å². The number of nitrogens with one attached hydrogen (secondary N) is 2. The lowest BCUT2D eigenvalue weighted by molar-refractivity contribution is 0.0955. The smallest absolute Gasteiger partial charge is 0.251 e. The Morgan fingerprint density at radius 2 is 1.92 bits per heavy atom. The molecule has 1 aromatic heterocycles. The monoisotopic (exact) mass is 330 g/mol. The van der Waals surface area contributed by atoms with E-state index in [1.807, 2.05) is 49.4 Å². The number of benzene rings is 2. The number of carbonyl (C=O) groups is 1. The fraction of sp³-hybridized carbons (Fsp3) is 0.150. The second kappa shape index (κ2) is 7.45. The first-order valence-corrected chi connectivity index (χ1v) is 8.06. The van der Waals surface area contributed by atoms with Gasteiger partial charge in [0, 0.05) is 24.0 Å². The minimum atomic E-state index is -0.120. The van der Waals surface area contributed by atoms with E-state index in [2.05, 4.69) is 21.7 Å². The van der Waals surface area contributed by atoms with Gasteiger partial charge in [0.15, 0.2) is 0 Å². The number of carbonyl (C=O) groups excluding carboxylic acids is 1. The van der Waals surface area contributed by atoms with Gasteiger partial charge in [-0.3, -0.25) is 4.79 Å². The molecule has 5 nitrogen and oxygen atoms in total. The van der Waals surface area contributed by atoms with Crippen LogP contribution in [0.5, 0.6) is 0 Å². The lowest BCUT2D eigenvalue weighted by Gasteiger charge is -2.11. The first-order chi connectivity index (χ1) is 12.2. The summed E-state index contributed by atoms with van der Waals surface area (Å²) in [4.78, 5) is 16.6. The fourth-order valence-corrected chi connectivity index (χ4v) is 2.62. The van der Waals surface area contributed by atoms with E-state index in [4.69, 9.17) is 0 Å². The van der Waals surface area contributed by atoms with E-state index >= 15 is 0 Å². The second-order valence-electron chi connectivity index (χ2n) is 5.69. The summed E-state index contributed by atoms with van der Waals surface area (Å²) < 4.78 is 0. The van der Waals surface area contributed by atoms with Crippen LogP contribution in [-0.2, 0) is 0 Å². The zero-order valence-electron chi connectivity index (χ0n) is 13.9. The molecule has 0 saturated heterocycles. The quantitative estimate of drug-likeness (QED) is 0.704. The molecule has 0 radical (unpaired) electrons. The van der Waals surface area contributed by atoms with Crippen molar-refractivity contribution in [2.45, 2.75) is 6.92 Å². The molecular formula is C20H18N4O. The highest BCUT2D eigenvalue weighted by Gasteiger charge is 2.08. The highest BCUT2D eigenvalue weighted by Crippen LogP contribution is 2.22. The van der Waals surface area contributed by atoms with E-state index in [-0.39, 0.29) is 5.91 Å². The van der Waals surface area contributed by atoms with Crippen LogP contribution in [0.2, 0.25) is 0 Å². The number of pyridine rings is 1. The zero-order chi connectivity index (χ0) is 17.6. The number of para-hydroxylation sites is 1. The van der Waals surface area contributed by atoms with Crippen LogP contribution in [-0.4, -0.2) is 24.0 Å². The number of rotatable bonds is 5. The molecule has 0 aliphatic rings. The van der Waals surface area contributed by atoms with Gasteiger partial charge in [0.1, 0.15) is 11.9 Å². The summed E-state index contributed by atoms with van der Waals surface area (Å²) in [5.41, 5.74) is 3.05. The number of aryl methyl sites for hydroxylation is 1. The molecule has 0 atom stereocenters. The first-order valence-electron chi connectivity index (χ1n) is 8.06. The third kappa shape index (κ3) is 3.75. The number of amides is 1. The first kappa shape index (κ1) is 16.5. The van der Waals surface area contributed by atoms with E-state index in [1.165, 1.54) is 0 Å². The Morgan fingerprint density at radius 1 is 1.12 bits per heavy atom. The topological polar surface area (TPSA) is 77.8 Å². The summed E-state index contributed by atoms with van der Waals surface area (Å²) in [7, 11) is 0. The van der Waals surface area contributed by atoms with Crippen molar-refractivity contribution in [3.8, 4) is 6.07 Å². The maximum Gasteiger partial charge on any atom is 0.251 e.